The van der Waals surface area contributed by atoms with Crippen LogP contribution >= 0.6 is 0 Å². The summed E-state index contributed by atoms with van der Waals surface area (Å²) in [5, 5.41) is 8.70. The maximum Gasteiger partial charge on any atom is 0.306 e. The van der Waals surface area contributed by atoms with Crippen LogP contribution in [0.25, 0.3) is 0 Å². The third-order valence-corrected chi connectivity index (χ3v) is 2.59. The van der Waals surface area contributed by atoms with Gasteiger partial charge in [-0.1, -0.05) is 19.8 Å². The summed E-state index contributed by atoms with van der Waals surface area (Å²) >= 11 is 0. The Balaban J connectivity index is 2.29. The second-order valence-corrected chi connectivity index (χ2v) is 3.50. The van der Waals surface area contributed by atoms with Gasteiger partial charge in [-0.05, 0) is 25.2 Å². The van der Waals surface area contributed by atoms with Crippen LogP contribution < -0.4 is 0 Å². The Morgan fingerprint density at radius 2 is 2.27 bits per heavy atom. The number of rotatable bonds is 3. The zero-order valence-corrected chi connectivity index (χ0v) is 7.05. The quantitative estimate of drug-likeness (QED) is 0.680. The van der Waals surface area contributed by atoms with E-state index in [-0.39, 0.29) is 5.92 Å². The molecule has 0 aromatic carbocycles. The minimum absolute atomic E-state index is 0.0356. The molecule has 1 fully saturated rings. The van der Waals surface area contributed by atoms with Crippen molar-refractivity contribution in [2.24, 2.45) is 11.8 Å². The van der Waals surface area contributed by atoms with Gasteiger partial charge in [-0.2, -0.15) is 0 Å². The predicted octanol–water partition coefficient (Wildman–Crippen LogP) is 2.29. The molecule has 1 N–H and O–H groups in total. The molecule has 0 spiro atoms. The molecule has 2 heteroatoms. The number of carboxylic acids is 1. The minimum Gasteiger partial charge on any atom is -0.481 e. The highest BCUT2D eigenvalue weighted by molar-refractivity contribution is 5.70. The molecule has 0 saturated heterocycles. The molecule has 64 valence electrons. The smallest absolute Gasteiger partial charge is 0.306 e. The first kappa shape index (κ1) is 8.57. The van der Waals surface area contributed by atoms with E-state index in [1.807, 2.05) is 0 Å². The van der Waals surface area contributed by atoms with Gasteiger partial charge >= 0.3 is 5.97 Å². The maximum absolute atomic E-state index is 10.6. The Labute approximate surface area is 67.6 Å². The Morgan fingerprint density at radius 3 is 2.73 bits per heavy atom. The molecule has 0 radical (unpaired) electrons. The van der Waals surface area contributed by atoms with E-state index >= 15 is 0 Å². The lowest BCUT2D eigenvalue weighted by Crippen LogP contribution is -2.09. The second kappa shape index (κ2) is 3.74. The molecule has 0 heterocycles. The standard InChI is InChI=1S/C9H16O2/c1-2-3-7-4-5-8(6-7)9(10)11/h7-8H,2-6H2,1H3,(H,10,11). The molecular formula is C9H16O2. The molecule has 1 aliphatic carbocycles. The van der Waals surface area contributed by atoms with E-state index in [2.05, 4.69) is 6.92 Å². The molecular weight excluding hydrogens is 140 g/mol. The number of hydrogen-bond donors (Lipinski definition) is 1. The fourth-order valence-corrected chi connectivity index (χ4v) is 1.97. The number of carbonyl (C=O) groups is 1. The molecule has 0 bridgehead atoms. The average Bonchev–Trinajstić information content (AvgIpc) is 2.37. The summed E-state index contributed by atoms with van der Waals surface area (Å²) in [5.74, 6) is 0.0660. The molecule has 1 rings (SSSR count). The van der Waals surface area contributed by atoms with Crippen LogP contribution in [-0.2, 0) is 4.79 Å². The van der Waals surface area contributed by atoms with E-state index in [4.69, 9.17) is 5.11 Å². The first-order valence-corrected chi connectivity index (χ1v) is 4.46. The summed E-state index contributed by atoms with van der Waals surface area (Å²) < 4.78 is 0. The van der Waals surface area contributed by atoms with Gasteiger partial charge in [0.1, 0.15) is 0 Å². The highest BCUT2D eigenvalue weighted by Gasteiger charge is 2.28. The Hall–Kier alpha value is -0.530. The Bertz CT molecular complexity index is 142. The van der Waals surface area contributed by atoms with Gasteiger partial charge in [0.05, 0.1) is 5.92 Å². The van der Waals surface area contributed by atoms with Crippen LogP contribution in [0.3, 0.4) is 0 Å². The van der Waals surface area contributed by atoms with Crippen molar-refractivity contribution >= 4 is 5.97 Å². The third kappa shape index (κ3) is 2.21. The second-order valence-electron chi connectivity index (χ2n) is 3.50. The van der Waals surface area contributed by atoms with Gasteiger partial charge in [-0.15, -0.1) is 0 Å². The van der Waals surface area contributed by atoms with Gasteiger partial charge in [0.2, 0.25) is 0 Å². The van der Waals surface area contributed by atoms with E-state index < -0.39 is 5.97 Å². The van der Waals surface area contributed by atoms with E-state index in [0.717, 1.165) is 19.3 Å². The van der Waals surface area contributed by atoms with Crippen molar-refractivity contribution in [2.75, 3.05) is 0 Å². The van der Waals surface area contributed by atoms with E-state index in [1.54, 1.807) is 0 Å². The van der Waals surface area contributed by atoms with E-state index in [9.17, 15) is 4.79 Å². The van der Waals surface area contributed by atoms with Crippen molar-refractivity contribution in [1.82, 2.24) is 0 Å². The van der Waals surface area contributed by atoms with Crippen LogP contribution in [0.1, 0.15) is 39.0 Å². The van der Waals surface area contributed by atoms with Crippen molar-refractivity contribution in [3.8, 4) is 0 Å². The molecule has 0 amide bonds. The van der Waals surface area contributed by atoms with Gasteiger partial charge in [0, 0.05) is 0 Å². The largest absolute Gasteiger partial charge is 0.481 e. The zero-order chi connectivity index (χ0) is 8.27. The van der Waals surface area contributed by atoms with Gasteiger partial charge in [-0.3, -0.25) is 4.79 Å². The summed E-state index contributed by atoms with van der Waals surface area (Å²) in [4.78, 5) is 10.6. The van der Waals surface area contributed by atoms with Crippen molar-refractivity contribution in [2.45, 2.75) is 39.0 Å². The van der Waals surface area contributed by atoms with E-state index in [0.29, 0.717) is 5.92 Å². The lowest BCUT2D eigenvalue weighted by atomic mass is 10.0. The van der Waals surface area contributed by atoms with Crippen LogP contribution in [-0.4, -0.2) is 11.1 Å². The van der Waals surface area contributed by atoms with Crippen LogP contribution in [0.2, 0.25) is 0 Å². The van der Waals surface area contributed by atoms with Crippen molar-refractivity contribution < 1.29 is 9.90 Å². The number of aliphatic carboxylic acids is 1. The first-order chi connectivity index (χ1) is 5.24. The molecule has 2 nitrogen and oxygen atoms in total. The summed E-state index contributed by atoms with van der Waals surface area (Å²) in [6, 6.07) is 0. The highest BCUT2D eigenvalue weighted by atomic mass is 16.4. The lowest BCUT2D eigenvalue weighted by molar-refractivity contribution is -0.141. The fraction of sp³-hybridized carbons (Fsp3) is 0.889. The number of carboxylic acid groups (broad SMARTS) is 1. The van der Waals surface area contributed by atoms with Crippen molar-refractivity contribution in [1.29, 1.82) is 0 Å². The van der Waals surface area contributed by atoms with E-state index in [1.165, 1.54) is 12.8 Å². The minimum atomic E-state index is -0.594. The van der Waals surface area contributed by atoms with Crippen molar-refractivity contribution in [3.63, 3.8) is 0 Å². The first-order valence-electron chi connectivity index (χ1n) is 4.46. The summed E-state index contributed by atoms with van der Waals surface area (Å²) in [7, 11) is 0. The molecule has 0 aromatic heterocycles. The topological polar surface area (TPSA) is 37.3 Å². The van der Waals surface area contributed by atoms with Gasteiger partial charge in [-0.25, -0.2) is 0 Å². The monoisotopic (exact) mass is 156 g/mol. The zero-order valence-electron chi connectivity index (χ0n) is 7.05. The normalized spacial score (nSPS) is 30.6. The van der Waals surface area contributed by atoms with Crippen LogP contribution in [0.15, 0.2) is 0 Å². The number of hydrogen-bond acceptors (Lipinski definition) is 1. The lowest BCUT2D eigenvalue weighted by Gasteiger charge is -2.05. The molecule has 2 unspecified atom stereocenters. The summed E-state index contributed by atoms with van der Waals surface area (Å²) in [6.07, 6.45) is 5.36. The molecule has 0 aromatic rings. The fourth-order valence-electron chi connectivity index (χ4n) is 1.97. The Kier molecular flexibility index (Phi) is 2.92. The molecule has 2 atom stereocenters. The average molecular weight is 156 g/mol. The van der Waals surface area contributed by atoms with Crippen molar-refractivity contribution in [3.05, 3.63) is 0 Å². The molecule has 1 aliphatic rings. The molecule has 1 saturated carbocycles. The summed E-state index contributed by atoms with van der Waals surface area (Å²) in [5.41, 5.74) is 0. The van der Waals surface area contributed by atoms with Gasteiger partial charge in [0.15, 0.2) is 0 Å². The van der Waals surface area contributed by atoms with Gasteiger partial charge in [0.25, 0.3) is 0 Å². The van der Waals surface area contributed by atoms with Crippen LogP contribution in [0, 0.1) is 11.8 Å². The summed E-state index contributed by atoms with van der Waals surface area (Å²) in [6.45, 7) is 2.16. The Morgan fingerprint density at radius 1 is 1.55 bits per heavy atom. The van der Waals surface area contributed by atoms with Crippen LogP contribution in [0.4, 0.5) is 0 Å². The SMILES string of the molecule is CCCC1CCC(C(=O)O)C1. The molecule has 11 heavy (non-hydrogen) atoms. The van der Waals surface area contributed by atoms with Crippen LogP contribution in [0.5, 0.6) is 0 Å². The molecule has 0 aliphatic heterocycles. The van der Waals surface area contributed by atoms with Gasteiger partial charge < -0.3 is 5.11 Å². The maximum atomic E-state index is 10.6. The third-order valence-electron chi connectivity index (χ3n) is 2.59. The highest BCUT2D eigenvalue weighted by Crippen LogP contribution is 2.33. The predicted molar refractivity (Wildman–Crippen MR) is 43.4 cm³/mol.